The molecule has 2 heterocycles. The molecule has 0 atom stereocenters. The van der Waals surface area contributed by atoms with E-state index in [1.165, 1.54) is 21.6 Å². The molecule has 106 valence electrons. The Kier molecular flexibility index (Phi) is 3.52. The lowest BCUT2D eigenvalue weighted by Crippen LogP contribution is -2.03. The van der Waals surface area contributed by atoms with Gasteiger partial charge in [-0.2, -0.15) is 0 Å². The van der Waals surface area contributed by atoms with Crippen molar-refractivity contribution in [3.63, 3.8) is 0 Å². The first-order valence-electron chi connectivity index (χ1n) is 7.07. The quantitative estimate of drug-likeness (QED) is 0.918. The standard InChI is InChI=1S/C16H20N2OS/c1-9(2)11-5-4-10(3)14-15-12(6-7-19-16(11)14)20-13(8-17)18-15/h4-5,9H,6-8,17H2,1-3H3. The van der Waals surface area contributed by atoms with E-state index in [0.717, 1.165) is 29.5 Å². The fraction of sp³-hybridized carbons (Fsp3) is 0.438. The Balaban J connectivity index is 2.27. The van der Waals surface area contributed by atoms with Crippen LogP contribution < -0.4 is 10.5 Å². The summed E-state index contributed by atoms with van der Waals surface area (Å²) in [5.41, 5.74) is 10.5. The molecule has 0 radical (unpaired) electrons. The highest BCUT2D eigenvalue weighted by atomic mass is 32.1. The summed E-state index contributed by atoms with van der Waals surface area (Å²) in [7, 11) is 0. The van der Waals surface area contributed by atoms with E-state index in [2.05, 4.69) is 32.9 Å². The molecule has 0 saturated heterocycles. The minimum Gasteiger partial charge on any atom is -0.492 e. The first-order valence-corrected chi connectivity index (χ1v) is 7.88. The van der Waals surface area contributed by atoms with Gasteiger partial charge in [0.2, 0.25) is 0 Å². The van der Waals surface area contributed by atoms with Crippen molar-refractivity contribution in [1.82, 2.24) is 4.98 Å². The van der Waals surface area contributed by atoms with Gasteiger partial charge in [-0.1, -0.05) is 26.0 Å². The number of nitrogens with zero attached hydrogens (tertiary/aromatic N) is 1. The molecule has 4 heteroatoms. The average molecular weight is 288 g/mol. The van der Waals surface area contributed by atoms with Gasteiger partial charge in [-0.25, -0.2) is 4.98 Å². The van der Waals surface area contributed by atoms with Crippen molar-refractivity contribution in [2.24, 2.45) is 5.73 Å². The van der Waals surface area contributed by atoms with Crippen LogP contribution in [0.25, 0.3) is 11.3 Å². The van der Waals surface area contributed by atoms with Crippen LogP contribution >= 0.6 is 11.3 Å². The van der Waals surface area contributed by atoms with Gasteiger partial charge in [-0.15, -0.1) is 11.3 Å². The predicted molar refractivity (Wildman–Crippen MR) is 83.5 cm³/mol. The smallest absolute Gasteiger partial charge is 0.132 e. The lowest BCUT2D eigenvalue weighted by Gasteiger charge is -2.17. The Morgan fingerprint density at radius 2 is 2.20 bits per heavy atom. The summed E-state index contributed by atoms with van der Waals surface area (Å²) in [6, 6.07) is 4.36. The van der Waals surface area contributed by atoms with Crippen molar-refractivity contribution in [2.45, 2.75) is 39.7 Å². The summed E-state index contributed by atoms with van der Waals surface area (Å²) in [6.45, 7) is 7.76. The van der Waals surface area contributed by atoms with E-state index in [4.69, 9.17) is 15.5 Å². The van der Waals surface area contributed by atoms with E-state index in [0.29, 0.717) is 12.5 Å². The van der Waals surface area contributed by atoms with Crippen LogP contribution in [0.4, 0.5) is 0 Å². The zero-order valence-corrected chi connectivity index (χ0v) is 13.0. The Hall–Kier alpha value is -1.39. The van der Waals surface area contributed by atoms with Gasteiger partial charge in [0, 0.05) is 23.4 Å². The lowest BCUT2D eigenvalue weighted by molar-refractivity contribution is 0.322. The maximum atomic E-state index is 6.07. The number of aromatic nitrogens is 1. The summed E-state index contributed by atoms with van der Waals surface area (Å²) in [5.74, 6) is 1.46. The molecule has 0 unspecified atom stereocenters. The third-order valence-corrected chi connectivity index (χ3v) is 4.88. The second-order valence-corrected chi connectivity index (χ2v) is 6.68. The molecule has 0 bridgehead atoms. The maximum absolute atomic E-state index is 6.07. The molecule has 1 aromatic carbocycles. The van der Waals surface area contributed by atoms with Crippen LogP contribution in [0.2, 0.25) is 0 Å². The van der Waals surface area contributed by atoms with Crippen LogP contribution in [0.3, 0.4) is 0 Å². The SMILES string of the molecule is Cc1ccc(C(C)C)c2c1-c1nc(CN)sc1CCO2. The molecule has 2 N–H and O–H groups in total. The van der Waals surface area contributed by atoms with E-state index in [1.54, 1.807) is 11.3 Å². The average Bonchev–Trinajstić information content (AvgIpc) is 2.73. The molecule has 0 fully saturated rings. The molecule has 0 amide bonds. The summed E-state index contributed by atoms with van der Waals surface area (Å²) >= 11 is 1.72. The number of fused-ring (bicyclic) bond motifs is 3. The second kappa shape index (κ2) is 5.19. The highest BCUT2D eigenvalue weighted by molar-refractivity contribution is 7.12. The third-order valence-electron chi connectivity index (χ3n) is 3.75. The predicted octanol–water partition coefficient (Wildman–Crippen LogP) is 3.64. The zero-order chi connectivity index (χ0) is 14.3. The van der Waals surface area contributed by atoms with Gasteiger partial charge in [-0.05, 0) is 24.0 Å². The van der Waals surface area contributed by atoms with E-state index in [9.17, 15) is 0 Å². The molecule has 20 heavy (non-hydrogen) atoms. The van der Waals surface area contributed by atoms with Crippen molar-refractivity contribution >= 4 is 11.3 Å². The molecular formula is C16H20N2OS. The van der Waals surface area contributed by atoms with E-state index >= 15 is 0 Å². The maximum Gasteiger partial charge on any atom is 0.132 e. The summed E-state index contributed by atoms with van der Waals surface area (Å²) in [6.07, 6.45) is 0.915. The Morgan fingerprint density at radius 1 is 1.40 bits per heavy atom. The van der Waals surface area contributed by atoms with Gasteiger partial charge >= 0.3 is 0 Å². The van der Waals surface area contributed by atoms with Crippen LogP contribution in [0.1, 0.15) is 40.8 Å². The molecule has 0 aliphatic carbocycles. The molecule has 0 spiro atoms. The fourth-order valence-electron chi connectivity index (χ4n) is 2.70. The Morgan fingerprint density at radius 3 is 2.90 bits per heavy atom. The second-order valence-electron chi connectivity index (χ2n) is 5.51. The topological polar surface area (TPSA) is 48.1 Å². The minimum atomic E-state index is 0.443. The number of hydrogen-bond acceptors (Lipinski definition) is 4. The summed E-state index contributed by atoms with van der Waals surface area (Å²) < 4.78 is 6.07. The number of ether oxygens (including phenoxy) is 1. The van der Waals surface area contributed by atoms with E-state index in [-0.39, 0.29) is 0 Å². The number of benzene rings is 1. The van der Waals surface area contributed by atoms with Gasteiger partial charge in [0.1, 0.15) is 10.8 Å². The molecule has 3 rings (SSSR count). The van der Waals surface area contributed by atoms with E-state index in [1.807, 2.05) is 0 Å². The van der Waals surface area contributed by atoms with Crippen LogP contribution in [0, 0.1) is 6.92 Å². The highest BCUT2D eigenvalue weighted by Crippen LogP contribution is 2.43. The first-order chi connectivity index (χ1) is 9.61. The first kappa shape index (κ1) is 13.6. The van der Waals surface area contributed by atoms with Crippen LogP contribution in [-0.4, -0.2) is 11.6 Å². The summed E-state index contributed by atoms with van der Waals surface area (Å²) in [5, 5.41) is 1.01. The number of rotatable bonds is 2. The van der Waals surface area contributed by atoms with Crippen molar-refractivity contribution in [3.8, 4) is 17.0 Å². The Bertz CT molecular complexity index is 646. The molecule has 3 nitrogen and oxygen atoms in total. The van der Waals surface area contributed by atoms with Crippen molar-refractivity contribution < 1.29 is 4.74 Å². The lowest BCUT2D eigenvalue weighted by atomic mass is 9.94. The normalized spacial score (nSPS) is 13.7. The van der Waals surface area contributed by atoms with Gasteiger partial charge in [0.25, 0.3) is 0 Å². The number of hydrogen-bond donors (Lipinski definition) is 1. The highest BCUT2D eigenvalue weighted by Gasteiger charge is 2.24. The summed E-state index contributed by atoms with van der Waals surface area (Å²) in [4.78, 5) is 6.04. The van der Waals surface area contributed by atoms with Crippen molar-refractivity contribution in [1.29, 1.82) is 0 Å². The van der Waals surface area contributed by atoms with Gasteiger partial charge in [0.15, 0.2) is 0 Å². The van der Waals surface area contributed by atoms with Gasteiger partial charge in [0.05, 0.1) is 12.3 Å². The molecule has 0 saturated carbocycles. The largest absolute Gasteiger partial charge is 0.492 e. The van der Waals surface area contributed by atoms with Gasteiger partial charge in [-0.3, -0.25) is 0 Å². The Labute approximate surface area is 123 Å². The van der Waals surface area contributed by atoms with Crippen LogP contribution in [0.15, 0.2) is 12.1 Å². The zero-order valence-electron chi connectivity index (χ0n) is 12.2. The minimum absolute atomic E-state index is 0.443. The van der Waals surface area contributed by atoms with E-state index < -0.39 is 0 Å². The van der Waals surface area contributed by atoms with Crippen molar-refractivity contribution in [2.75, 3.05) is 6.61 Å². The van der Waals surface area contributed by atoms with Crippen LogP contribution in [-0.2, 0) is 13.0 Å². The van der Waals surface area contributed by atoms with Crippen molar-refractivity contribution in [3.05, 3.63) is 33.1 Å². The number of thiazole rings is 1. The molecule has 1 aliphatic heterocycles. The monoisotopic (exact) mass is 288 g/mol. The molecule has 1 aromatic heterocycles. The number of nitrogens with two attached hydrogens (primary N) is 1. The third kappa shape index (κ3) is 2.13. The fourth-order valence-corrected chi connectivity index (χ4v) is 3.63. The number of aryl methyl sites for hydroxylation is 1. The molecule has 1 aliphatic rings. The van der Waals surface area contributed by atoms with Crippen LogP contribution in [0.5, 0.6) is 5.75 Å². The van der Waals surface area contributed by atoms with Gasteiger partial charge < -0.3 is 10.5 Å². The molecule has 2 aromatic rings. The molecular weight excluding hydrogens is 268 g/mol.